The zero-order valence-corrected chi connectivity index (χ0v) is 15.0. The second-order valence-electron chi connectivity index (χ2n) is 6.90. The topological polar surface area (TPSA) is 49.9 Å². The number of morpholine rings is 1. The van der Waals surface area contributed by atoms with Gasteiger partial charge in [0.15, 0.2) is 0 Å². The van der Waals surface area contributed by atoms with Gasteiger partial charge in [0.25, 0.3) is 0 Å². The normalized spacial score (nSPS) is 24.0. The summed E-state index contributed by atoms with van der Waals surface area (Å²) in [6, 6.07) is 9.85. The number of carbonyl (C=O) groups is 2. The molecule has 2 fully saturated rings. The van der Waals surface area contributed by atoms with Gasteiger partial charge in [-0.3, -0.25) is 9.59 Å². The lowest BCUT2D eigenvalue weighted by Gasteiger charge is -2.35. The monoisotopic (exact) mass is 344 g/mol. The van der Waals surface area contributed by atoms with Crippen LogP contribution in [0.4, 0.5) is 5.69 Å². The molecule has 3 rings (SSSR count). The number of nitrogens with zero attached hydrogens (tertiary/aromatic N) is 2. The van der Waals surface area contributed by atoms with E-state index in [1.807, 2.05) is 47.1 Å². The van der Waals surface area contributed by atoms with E-state index < -0.39 is 0 Å². The van der Waals surface area contributed by atoms with Crippen molar-refractivity contribution in [2.45, 2.75) is 32.6 Å². The van der Waals surface area contributed by atoms with Gasteiger partial charge in [-0.1, -0.05) is 18.2 Å². The number of benzene rings is 1. The van der Waals surface area contributed by atoms with Crippen LogP contribution in [-0.2, 0) is 14.3 Å². The number of para-hydroxylation sites is 1. The van der Waals surface area contributed by atoms with E-state index >= 15 is 0 Å². The molecule has 25 heavy (non-hydrogen) atoms. The van der Waals surface area contributed by atoms with Gasteiger partial charge in [0.1, 0.15) is 0 Å². The summed E-state index contributed by atoms with van der Waals surface area (Å²) < 4.78 is 5.32. The summed E-state index contributed by atoms with van der Waals surface area (Å²) in [5.74, 6) is 0.568. The third-order valence-electron chi connectivity index (χ3n) is 5.40. The van der Waals surface area contributed by atoms with Crippen LogP contribution in [0.3, 0.4) is 0 Å². The lowest BCUT2D eigenvalue weighted by Crippen LogP contribution is -2.45. The maximum absolute atomic E-state index is 12.9. The smallest absolute Gasteiger partial charge is 0.230 e. The van der Waals surface area contributed by atoms with E-state index in [-0.39, 0.29) is 23.7 Å². The number of hydrogen-bond donors (Lipinski definition) is 0. The average molecular weight is 344 g/mol. The Morgan fingerprint density at radius 3 is 2.24 bits per heavy atom. The molecule has 5 heteroatoms. The van der Waals surface area contributed by atoms with Gasteiger partial charge in [-0.25, -0.2) is 0 Å². The molecule has 0 spiro atoms. The maximum atomic E-state index is 12.9. The fraction of sp³-hybridized carbons (Fsp3) is 0.600. The van der Waals surface area contributed by atoms with Gasteiger partial charge in [-0.05, 0) is 44.7 Å². The minimum Gasteiger partial charge on any atom is -0.378 e. The highest BCUT2D eigenvalue weighted by Gasteiger charge is 2.34. The molecule has 2 aliphatic rings. The van der Waals surface area contributed by atoms with Crippen LogP contribution in [-0.4, -0.2) is 49.6 Å². The van der Waals surface area contributed by atoms with Gasteiger partial charge in [-0.15, -0.1) is 0 Å². The lowest BCUT2D eigenvalue weighted by molar-refractivity contribution is -0.141. The molecule has 0 atom stereocenters. The molecular weight excluding hydrogens is 316 g/mol. The average Bonchev–Trinajstić information content (AvgIpc) is 2.69. The highest BCUT2D eigenvalue weighted by molar-refractivity contribution is 5.95. The zero-order chi connectivity index (χ0) is 17.6. The molecule has 0 unspecified atom stereocenters. The van der Waals surface area contributed by atoms with Crippen molar-refractivity contribution < 1.29 is 14.3 Å². The molecule has 0 N–H and O–H groups in total. The van der Waals surface area contributed by atoms with Crippen LogP contribution >= 0.6 is 0 Å². The summed E-state index contributed by atoms with van der Waals surface area (Å²) in [5.41, 5.74) is 0.960. The Labute approximate surface area is 149 Å². The molecule has 1 aliphatic carbocycles. The summed E-state index contributed by atoms with van der Waals surface area (Å²) in [6.45, 7) is 5.38. The summed E-state index contributed by atoms with van der Waals surface area (Å²) in [4.78, 5) is 29.3. The number of anilines is 1. The van der Waals surface area contributed by atoms with Crippen molar-refractivity contribution >= 4 is 17.5 Å². The minimum atomic E-state index is 0.0360. The third-order valence-corrected chi connectivity index (χ3v) is 5.40. The summed E-state index contributed by atoms with van der Waals surface area (Å²) in [6.07, 6.45) is 3.25. The predicted molar refractivity (Wildman–Crippen MR) is 97.3 cm³/mol. The minimum absolute atomic E-state index is 0.0360. The van der Waals surface area contributed by atoms with Crippen molar-refractivity contribution in [1.82, 2.24) is 4.90 Å². The summed E-state index contributed by atoms with van der Waals surface area (Å²) in [5, 5.41) is 0. The van der Waals surface area contributed by atoms with Crippen molar-refractivity contribution in [1.29, 1.82) is 0 Å². The zero-order valence-electron chi connectivity index (χ0n) is 15.0. The Morgan fingerprint density at radius 1 is 1.04 bits per heavy atom. The van der Waals surface area contributed by atoms with Gasteiger partial charge in [0.2, 0.25) is 11.8 Å². The first-order valence-corrected chi connectivity index (χ1v) is 9.43. The van der Waals surface area contributed by atoms with Crippen molar-refractivity contribution in [3.8, 4) is 0 Å². The van der Waals surface area contributed by atoms with Crippen LogP contribution in [0, 0.1) is 11.8 Å². The lowest BCUT2D eigenvalue weighted by atomic mass is 9.80. The van der Waals surface area contributed by atoms with E-state index in [2.05, 4.69) is 0 Å². The summed E-state index contributed by atoms with van der Waals surface area (Å²) >= 11 is 0. The fourth-order valence-corrected chi connectivity index (χ4v) is 3.92. The molecule has 0 bridgehead atoms. The molecular formula is C20H28N2O3. The second kappa shape index (κ2) is 8.48. The number of rotatable bonds is 4. The Bertz CT molecular complexity index is 576. The van der Waals surface area contributed by atoms with Crippen molar-refractivity contribution in [3.63, 3.8) is 0 Å². The number of hydrogen-bond acceptors (Lipinski definition) is 3. The first kappa shape index (κ1) is 17.9. The van der Waals surface area contributed by atoms with Crippen molar-refractivity contribution in [2.75, 3.05) is 37.7 Å². The second-order valence-corrected chi connectivity index (χ2v) is 6.90. The molecule has 1 aromatic carbocycles. The van der Waals surface area contributed by atoms with Crippen molar-refractivity contribution in [3.05, 3.63) is 30.3 Å². The molecule has 5 nitrogen and oxygen atoms in total. The standard InChI is InChI=1S/C20H28N2O3/c1-2-22(18-6-4-3-5-7-18)20(24)17-10-8-16(9-11-17)19(23)21-12-14-25-15-13-21/h3-7,16-17H,2,8-15H2,1H3. The number of amides is 2. The Balaban J connectivity index is 1.56. The van der Waals surface area contributed by atoms with Crippen LogP contribution in [0.2, 0.25) is 0 Å². The highest BCUT2D eigenvalue weighted by Crippen LogP contribution is 2.32. The number of carbonyl (C=O) groups excluding carboxylic acids is 2. The highest BCUT2D eigenvalue weighted by atomic mass is 16.5. The maximum Gasteiger partial charge on any atom is 0.230 e. The quantitative estimate of drug-likeness (QED) is 0.844. The van der Waals surface area contributed by atoms with Crippen LogP contribution in [0.5, 0.6) is 0 Å². The summed E-state index contributed by atoms with van der Waals surface area (Å²) in [7, 11) is 0. The first-order valence-electron chi connectivity index (χ1n) is 9.43. The van der Waals surface area contributed by atoms with Crippen LogP contribution in [0.1, 0.15) is 32.6 Å². The molecule has 1 aliphatic heterocycles. The van der Waals surface area contributed by atoms with Gasteiger partial charge in [-0.2, -0.15) is 0 Å². The molecule has 0 radical (unpaired) electrons. The fourth-order valence-electron chi connectivity index (χ4n) is 3.92. The molecule has 1 saturated heterocycles. The largest absolute Gasteiger partial charge is 0.378 e. The number of ether oxygens (including phenoxy) is 1. The van der Waals surface area contributed by atoms with E-state index in [9.17, 15) is 9.59 Å². The van der Waals surface area contributed by atoms with Gasteiger partial charge >= 0.3 is 0 Å². The van der Waals surface area contributed by atoms with Gasteiger partial charge < -0.3 is 14.5 Å². The van der Waals surface area contributed by atoms with Gasteiger partial charge in [0.05, 0.1) is 13.2 Å². The Hall–Kier alpha value is -1.88. The Kier molecular flexibility index (Phi) is 6.08. The van der Waals surface area contributed by atoms with E-state index in [1.165, 1.54) is 0 Å². The van der Waals surface area contributed by atoms with Crippen LogP contribution < -0.4 is 4.90 Å². The molecule has 1 saturated carbocycles. The van der Waals surface area contributed by atoms with E-state index in [0.29, 0.717) is 32.8 Å². The molecule has 1 heterocycles. The van der Waals surface area contributed by atoms with Crippen LogP contribution in [0.25, 0.3) is 0 Å². The van der Waals surface area contributed by atoms with Gasteiger partial charge in [0, 0.05) is 37.2 Å². The van der Waals surface area contributed by atoms with Crippen LogP contribution in [0.15, 0.2) is 30.3 Å². The van der Waals surface area contributed by atoms with E-state index in [0.717, 1.165) is 31.4 Å². The first-order chi connectivity index (χ1) is 12.2. The van der Waals surface area contributed by atoms with E-state index in [1.54, 1.807) is 0 Å². The predicted octanol–water partition coefficient (Wildman–Crippen LogP) is 2.70. The third kappa shape index (κ3) is 4.21. The molecule has 136 valence electrons. The molecule has 1 aromatic rings. The Morgan fingerprint density at radius 2 is 1.64 bits per heavy atom. The molecule has 0 aromatic heterocycles. The molecule has 2 amide bonds. The SMILES string of the molecule is CCN(C(=O)C1CCC(C(=O)N2CCOCC2)CC1)c1ccccc1. The van der Waals surface area contributed by atoms with E-state index in [4.69, 9.17) is 4.74 Å². The van der Waals surface area contributed by atoms with Crippen molar-refractivity contribution in [2.24, 2.45) is 11.8 Å².